The summed E-state index contributed by atoms with van der Waals surface area (Å²) in [6.07, 6.45) is 5.25. The largest absolute Gasteiger partial charge is 0.310 e. The summed E-state index contributed by atoms with van der Waals surface area (Å²) in [6.45, 7) is 4.77. The third kappa shape index (κ3) is 4.59. The molecule has 0 heterocycles. The molecule has 1 heteroatoms. The molecule has 0 saturated heterocycles. The van der Waals surface area contributed by atoms with Crippen molar-refractivity contribution >= 4 is 17.1 Å². The summed E-state index contributed by atoms with van der Waals surface area (Å²) in [6, 6.07) is 69.3. The summed E-state index contributed by atoms with van der Waals surface area (Å²) in [5, 5.41) is 0. The molecule has 1 spiro atoms. The molecule has 0 radical (unpaired) electrons. The zero-order chi connectivity index (χ0) is 38.6. The molecule has 1 saturated carbocycles. The Balaban J connectivity index is 1.07. The molecule has 58 heavy (non-hydrogen) atoms. The summed E-state index contributed by atoms with van der Waals surface area (Å²) in [5.41, 5.74) is 23.4. The molecule has 1 nitrogen and oxygen atoms in total. The van der Waals surface area contributed by atoms with Crippen LogP contribution in [0.25, 0.3) is 44.5 Å². The molecular weight excluding hydrogens is 699 g/mol. The van der Waals surface area contributed by atoms with Gasteiger partial charge in [0.25, 0.3) is 0 Å². The number of nitrogens with zero attached hydrogens (tertiary/aromatic N) is 1. The second-order valence-corrected chi connectivity index (χ2v) is 17.5. The van der Waals surface area contributed by atoms with E-state index in [2.05, 4.69) is 201 Å². The van der Waals surface area contributed by atoms with Gasteiger partial charge >= 0.3 is 0 Å². The van der Waals surface area contributed by atoms with Gasteiger partial charge in [0.05, 0.1) is 5.41 Å². The third-order valence-electron chi connectivity index (χ3n) is 14.3. The molecule has 12 rings (SSSR count). The highest BCUT2D eigenvalue weighted by molar-refractivity contribution is 5.96. The van der Waals surface area contributed by atoms with E-state index in [1.165, 1.54) is 121 Å². The van der Waals surface area contributed by atoms with Crippen molar-refractivity contribution in [2.75, 3.05) is 4.90 Å². The molecule has 0 aromatic heterocycles. The summed E-state index contributed by atoms with van der Waals surface area (Å²) in [4.78, 5) is 2.51. The quantitative estimate of drug-likeness (QED) is 0.170. The van der Waals surface area contributed by atoms with Crippen molar-refractivity contribution in [2.45, 2.75) is 56.3 Å². The fraction of sp³-hybridized carbons (Fsp3) is 0.158. The molecule has 0 amide bonds. The van der Waals surface area contributed by atoms with Crippen LogP contribution in [0, 0.1) is 0 Å². The first-order chi connectivity index (χ1) is 28.5. The van der Waals surface area contributed by atoms with Crippen LogP contribution in [0.4, 0.5) is 17.1 Å². The van der Waals surface area contributed by atoms with Crippen LogP contribution in [0.15, 0.2) is 182 Å². The van der Waals surface area contributed by atoms with Gasteiger partial charge < -0.3 is 4.90 Å². The second kappa shape index (κ2) is 12.5. The topological polar surface area (TPSA) is 3.24 Å². The summed E-state index contributed by atoms with van der Waals surface area (Å²) in [5.74, 6) is 0.653. The monoisotopic (exact) mass is 743 g/mol. The van der Waals surface area contributed by atoms with Crippen LogP contribution in [0.5, 0.6) is 0 Å². The Morgan fingerprint density at radius 3 is 1.36 bits per heavy atom. The fourth-order valence-electron chi connectivity index (χ4n) is 11.6. The lowest BCUT2D eigenvalue weighted by Gasteiger charge is -2.32. The molecule has 1 fully saturated rings. The Hall–Kier alpha value is -6.44. The molecule has 4 aliphatic carbocycles. The van der Waals surface area contributed by atoms with Crippen LogP contribution < -0.4 is 4.90 Å². The highest BCUT2D eigenvalue weighted by Gasteiger charge is 2.51. The van der Waals surface area contributed by atoms with E-state index >= 15 is 0 Å². The lowest BCUT2D eigenvalue weighted by Crippen LogP contribution is -2.26. The van der Waals surface area contributed by atoms with Gasteiger partial charge in [-0.1, -0.05) is 172 Å². The van der Waals surface area contributed by atoms with E-state index in [1.54, 1.807) is 0 Å². The van der Waals surface area contributed by atoms with Gasteiger partial charge in [-0.2, -0.15) is 0 Å². The Bertz CT molecular complexity index is 2880. The molecule has 4 aliphatic rings. The van der Waals surface area contributed by atoms with Gasteiger partial charge in [-0.05, 0) is 139 Å². The van der Waals surface area contributed by atoms with Crippen molar-refractivity contribution in [2.24, 2.45) is 0 Å². The van der Waals surface area contributed by atoms with Gasteiger partial charge in [0, 0.05) is 22.5 Å². The maximum absolute atomic E-state index is 2.52. The van der Waals surface area contributed by atoms with E-state index in [0.29, 0.717) is 5.92 Å². The van der Waals surface area contributed by atoms with Crippen LogP contribution in [-0.2, 0) is 10.8 Å². The van der Waals surface area contributed by atoms with Gasteiger partial charge in [0.2, 0.25) is 0 Å². The number of hydrogen-bond donors (Lipinski definition) is 0. The molecule has 0 aliphatic heterocycles. The first-order valence-corrected chi connectivity index (χ1v) is 21.2. The molecule has 8 aromatic rings. The zero-order valence-corrected chi connectivity index (χ0v) is 33.2. The Kier molecular flexibility index (Phi) is 7.27. The Labute approximate surface area is 342 Å². The maximum Gasteiger partial charge on any atom is 0.0726 e. The van der Waals surface area contributed by atoms with Crippen LogP contribution in [0.2, 0.25) is 0 Å². The van der Waals surface area contributed by atoms with Crippen molar-refractivity contribution in [3.8, 4) is 44.5 Å². The lowest BCUT2D eigenvalue weighted by atomic mass is 9.70. The van der Waals surface area contributed by atoms with Crippen LogP contribution >= 0.6 is 0 Å². The van der Waals surface area contributed by atoms with Crippen LogP contribution in [0.1, 0.15) is 84.4 Å². The standard InChI is InChI=1S/C57H45N/c1-56(2)50-23-11-7-19-44(50)48-33-31-40(35-54(48)56)58(39-29-27-38(28-30-39)43-18-6-5-17-42(43)37-15-3-4-16-37)41-32-34-49-47-22-10-14-26-53(47)57(55(49)36-41)51-24-12-8-20-45(51)46-21-9-13-25-52(46)57/h5-14,17-37H,3-4,15-16H2,1-2H3. The number of benzene rings is 8. The van der Waals surface area contributed by atoms with Gasteiger partial charge in [-0.3, -0.25) is 0 Å². The minimum atomic E-state index is -0.407. The van der Waals surface area contributed by atoms with Crippen molar-refractivity contribution in [1.29, 1.82) is 0 Å². The summed E-state index contributed by atoms with van der Waals surface area (Å²) in [7, 11) is 0. The highest BCUT2D eigenvalue weighted by Crippen LogP contribution is 2.63. The fourth-order valence-corrected chi connectivity index (χ4v) is 11.6. The smallest absolute Gasteiger partial charge is 0.0726 e. The number of anilines is 3. The first-order valence-electron chi connectivity index (χ1n) is 21.2. The molecule has 0 N–H and O–H groups in total. The average Bonchev–Trinajstić information content (AvgIpc) is 4.04. The highest BCUT2D eigenvalue weighted by atomic mass is 15.1. The molecular formula is C57H45N. The van der Waals surface area contributed by atoms with Crippen LogP contribution in [-0.4, -0.2) is 0 Å². The zero-order valence-electron chi connectivity index (χ0n) is 33.2. The van der Waals surface area contributed by atoms with E-state index in [0.717, 1.165) is 5.69 Å². The molecule has 278 valence electrons. The van der Waals surface area contributed by atoms with Crippen molar-refractivity contribution in [3.63, 3.8) is 0 Å². The van der Waals surface area contributed by atoms with E-state index in [-0.39, 0.29) is 5.41 Å². The van der Waals surface area contributed by atoms with Crippen LogP contribution in [0.3, 0.4) is 0 Å². The SMILES string of the molecule is CC1(C)c2ccccc2-c2ccc(N(c3ccc(-c4ccccc4C4CCCC4)cc3)c3ccc4c(c3)C3(c5ccccc5-c5ccccc53)c3ccccc3-4)cc21. The number of fused-ring (bicyclic) bond motifs is 13. The van der Waals surface area contributed by atoms with Gasteiger partial charge in [0.1, 0.15) is 0 Å². The van der Waals surface area contributed by atoms with E-state index in [4.69, 9.17) is 0 Å². The second-order valence-electron chi connectivity index (χ2n) is 17.5. The normalized spacial score (nSPS) is 16.0. The summed E-state index contributed by atoms with van der Waals surface area (Å²) < 4.78 is 0. The molecule has 0 bridgehead atoms. The summed E-state index contributed by atoms with van der Waals surface area (Å²) >= 11 is 0. The first kappa shape index (κ1) is 33.7. The third-order valence-corrected chi connectivity index (χ3v) is 14.3. The molecule has 0 unspecified atom stereocenters. The average molecular weight is 744 g/mol. The number of rotatable bonds is 5. The Morgan fingerprint density at radius 2 is 0.793 bits per heavy atom. The van der Waals surface area contributed by atoms with E-state index < -0.39 is 5.41 Å². The molecule has 8 aromatic carbocycles. The lowest BCUT2D eigenvalue weighted by molar-refractivity contribution is 0.660. The van der Waals surface area contributed by atoms with Gasteiger partial charge in [-0.15, -0.1) is 0 Å². The minimum Gasteiger partial charge on any atom is -0.310 e. The Morgan fingerprint density at radius 1 is 0.379 bits per heavy atom. The van der Waals surface area contributed by atoms with Crippen molar-refractivity contribution in [1.82, 2.24) is 0 Å². The molecule has 0 atom stereocenters. The minimum absolute atomic E-state index is 0.109. The maximum atomic E-state index is 2.52. The van der Waals surface area contributed by atoms with E-state index in [9.17, 15) is 0 Å². The van der Waals surface area contributed by atoms with Crippen molar-refractivity contribution < 1.29 is 0 Å². The predicted molar refractivity (Wildman–Crippen MR) is 242 cm³/mol. The van der Waals surface area contributed by atoms with Gasteiger partial charge in [-0.25, -0.2) is 0 Å². The predicted octanol–water partition coefficient (Wildman–Crippen LogP) is 15.1. The van der Waals surface area contributed by atoms with E-state index in [1.807, 2.05) is 0 Å². The van der Waals surface area contributed by atoms with Gasteiger partial charge in [0.15, 0.2) is 0 Å². The van der Waals surface area contributed by atoms with Crippen molar-refractivity contribution in [3.05, 3.63) is 221 Å². The number of hydrogen-bond acceptors (Lipinski definition) is 1.